The first-order valence-electron chi connectivity index (χ1n) is 6.01. The van der Waals surface area contributed by atoms with Crippen LogP contribution < -0.4 is 5.32 Å². The number of hydrogen-bond donors (Lipinski definition) is 1. The highest BCUT2D eigenvalue weighted by Gasteiger charge is 2.05. The second-order valence-electron chi connectivity index (χ2n) is 4.30. The third-order valence-corrected chi connectivity index (χ3v) is 2.86. The molecule has 2 aromatic rings. The van der Waals surface area contributed by atoms with Crippen LogP contribution in [0.3, 0.4) is 0 Å². The second kappa shape index (κ2) is 5.15. The smallest absolute Gasteiger partial charge is 0.0925 e. The van der Waals surface area contributed by atoms with Gasteiger partial charge in [-0.2, -0.15) is 5.10 Å². The minimum Gasteiger partial charge on any atom is -0.313 e. The Hall–Kier alpha value is -1.61. The average Bonchev–Trinajstić information content (AvgIpc) is 2.73. The molecule has 2 rings (SSSR count). The summed E-state index contributed by atoms with van der Waals surface area (Å²) in [4.78, 5) is 0. The van der Waals surface area contributed by atoms with Gasteiger partial charge in [0.15, 0.2) is 0 Å². The first-order chi connectivity index (χ1) is 8.20. The Balaban J connectivity index is 2.25. The highest BCUT2D eigenvalue weighted by Crippen LogP contribution is 2.22. The molecule has 0 spiro atoms. The SMILES string of the molecule is CCNCc1ccc(-c2ccn(C)n2)c(C)c1. The molecular formula is C14H19N3. The number of aryl methyl sites for hydroxylation is 2. The first-order valence-corrected chi connectivity index (χ1v) is 6.01. The van der Waals surface area contributed by atoms with Crippen molar-refractivity contribution in [2.75, 3.05) is 6.54 Å². The lowest BCUT2D eigenvalue weighted by Gasteiger charge is -2.07. The van der Waals surface area contributed by atoms with E-state index in [2.05, 4.69) is 42.5 Å². The molecule has 1 heterocycles. The minimum absolute atomic E-state index is 0.930. The van der Waals surface area contributed by atoms with Crippen molar-refractivity contribution in [1.82, 2.24) is 15.1 Å². The molecule has 0 aliphatic heterocycles. The van der Waals surface area contributed by atoms with Crippen molar-refractivity contribution >= 4 is 0 Å². The molecule has 0 fully saturated rings. The van der Waals surface area contributed by atoms with Gasteiger partial charge in [0.2, 0.25) is 0 Å². The maximum absolute atomic E-state index is 4.43. The van der Waals surface area contributed by atoms with Crippen molar-refractivity contribution in [2.24, 2.45) is 7.05 Å². The monoisotopic (exact) mass is 229 g/mol. The summed E-state index contributed by atoms with van der Waals surface area (Å²) in [5, 5.41) is 7.77. The van der Waals surface area contributed by atoms with Crippen LogP contribution in [-0.2, 0) is 13.6 Å². The summed E-state index contributed by atoms with van der Waals surface area (Å²) < 4.78 is 1.83. The molecule has 0 radical (unpaired) electrons. The Morgan fingerprint density at radius 2 is 2.12 bits per heavy atom. The van der Waals surface area contributed by atoms with Crippen molar-refractivity contribution in [3.05, 3.63) is 41.6 Å². The Labute approximate surface area is 102 Å². The van der Waals surface area contributed by atoms with E-state index in [0.717, 1.165) is 18.8 Å². The number of rotatable bonds is 4. The summed E-state index contributed by atoms with van der Waals surface area (Å²) in [6, 6.07) is 8.60. The van der Waals surface area contributed by atoms with Gasteiger partial charge in [0, 0.05) is 25.4 Å². The van der Waals surface area contributed by atoms with E-state index in [1.807, 2.05) is 24.0 Å². The largest absolute Gasteiger partial charge is 0.313 e. The van der Waals surface area contributed by atoms with E-state index in [9.17, 15) is 0 Å². The summed E-state index contributed by atoms with van der Waals surface area (Å²) in [5.74, 6) is 0. The predicted molar refractivity (Wildman–Crippen MR) is 70.8 cm³/mol. The van der Waals surface area contributed by atoms with E-state index in [1.165, 1.54) is 16.7 Å². The molecule has 1 N–H and O–H groups in total. The fraction of sp³-hybridized carbons (Fsp3) is 0.357. The van der Waals surface area contributed by atoms with E-state index in [0.29, 0.717) is 0 Å². The zero-order chi connectivity index (χ0) is 12.3. The number of nitrogens with zero attached hydrogens (tertiary/aromatic N) is 2. The Bertz CT molecular complexity index is 500. The van der Waals surface area contributed by atoms with Crippen molar-refractivity contribution in [3.63, 3.8) is 0 Å². The van der Waals surface area contributed by atoms with Crippen LogP contribution in [0.15, 0.2) is 30.5 Å². The molecule has 0 aliphatic rings. The van der Waals surface area contributed by atoms with Crippen LogP contribution in [0.2, 0.25) is 0 Å². The fourth-order valence-electron chi connectivity index (χ4n) is 1.95. The van der Waals surface area contributed by atoms with Crippen molar-refractivity contribution in [1.29, 1.82) is 0 Å². The summed E-state index contributed by atoms with van der Waals surface area (Å²) in [7, 11) is 1.94. The highest BCUT2D eigenvalue weighted by atomic mass is 15.2. The normalized spacial score (nSPS) is 10.8. The van der Waals surface area contributed by atoms with Crippen molar-refractivity contribution < 1.29 is 0 Å². The zero-order valence-corrected chi connectivity index (χ0v) is 10.7. The molecule has 3 nitrogen and oxygen atoms in total. The summed E-state index contributed by atoms with van der Waals surface area (Å²) >= 11 is 0. The summed E-state index contributed by atoms with van der Waals surface area (Å²) in [6.07, 6.45) is 1.97. The number of benzene rings is 1. The Kier molecular flexibility index (Phi) is 3.59. The van der Waals surface area contributed by atoms with Crippen molar-refractivity contribution in [2.45, 2.75) is 20.4 Å². The number of hydrogen-bond acceptors (Lipinski definition) is 2. The van der Waals surface area contributed by atoms with E-state index < -0.39 is 0 Å². The molecule has 0 amide bonds. The molecule has 1 aromatic heterocycles. The van der Waals surface area contributed by atoms with Crippen LogP contribution in [-0.4, -0.2) is 16.3 Å². The molecule has 0 saturated carbocycles. The summed E-state index contributed by atoms with van der Waals surface area (Å²) in [6.45, 7) is 6.19. The lowest BCUT2D eigenvalue weighted by atomic mass is 10.0. The van der Waals surface area contributed by atoms with Gasteiger partial charge < -0.3 is 5.32 Å². The third-order valence-electron chi connectivity index (χ3n) is 2.86. The number of nitrogens with one attached hydrogen (secondary N) is 1. The second-order valence-corrected chi connectivity index (χ2v) is 4.30. The number of aromatic nitrogens is 2. The van der Waals surface area contributed by atoms with Crippen LogP contribution >= 0.6 is 0 Å². The van der Waals surface area contributed by atoms with E-state index in [1.54, 1.807) is 0 Å². The van der Waals surface area contributed by atoms with E-state index >= 15 is 0 Å². The van der Waals surface area contributed by atoms with Gasteiger partial charge in [-0.05, 0) is 30.7 Å². The maximum atomic E-state index is 4.43. The molecule has 0 aliphatic carbocycles. The quantitative estimate of drug-likeness (QED) is 0.873. The molecule has 0 bridgehead atoms. The first kappa shape index (κ1) is 11.9. The molecule has 0 atom stereocenters. The van der Waals surface area contributed by atoms with Gasteiger partial charge in [0.25, 0.3) is 0 Å². The van der Waals surface area contributed by atoms with Crippen LogP contribution in [0.4, 0.5) is 0 Å². The topological polar surface area (TPSA) is 29.9 Å². The van der Waals surface area contributed by atoms with E-state index in [4.69, 9.17) is 0 Å². The van der Waals surface area contributed by atoms with Gasteiger partial charge in [0.1, 0.15) is 0 Å². The van der Waals surface area contributed by atoms with Gasteiger partial charge in [-0.1, -0.05) is 25.1 Å². The predicted octanol–water partition coefficient (Wildman–Crippen LogP) is 2.51. The van der Waals surface area contributed by atoms with Gasteiger partial charge in [0.05, 0.1) is 5.69 Å². The van der Waals surface area contributed by atoms with Gasteiger partial charge >= 0.3 is 0 Å². The lowest BCUT2D eigenvalue weighted by molar-refractivity contribution is 0.726. The van der Waals surface area contributed by atoms with Gasteiger partial charge in [-0.25, -0.2) is 0 Å². The average molecular weight is 229 g/mol. The van der Waals surface area contributed by atoms with Gasteiger partial charge in [-0.3, -0.25) is 4.68 Å². The van der Waals surface area contributed by atoms with Crippen LogP contribution in [0, 0.1) is 6.92 Å². The molecule has 0 saturated heterocycles. The molecular weight excluding hydrogens is 210 g/mol. The molecule has 90 valence electrons. The Morgan fingerprint density at radius 3 is 2.71 bits per heavy atom. The van der Waals surface area contributed by atoms with Crippen molar-refractivity contribution in [3.8, 4) is 11.3 Å². The van der Waals surface area contributed by atoms with Crippen LogP contribution in [0.1, 0.15) is 18.1 Å². The lowest BCUT2D eigenvalue weighted by Crippen LogP contribution is -2.11. The molecule has 3 heteroatoms. The minimum atomic E-state index is 0.930. The molecule has 0 unspecified atom stereocenters. The maximum Gasteiger partial charge on any atom is 0.0925 e. The third kappa shape index (κ3) is 2.74. The van der Waals surface area contributed by atoms with E-state index in [-0.39, 0.29) is 0 Å². The zero-order valence-electron chi connectivity index (χ0n) is 10.7. The molecule has 1 aromatic carbocycles. The molecule has 17 heavy (non-hydrogen) atoms. The Morgan fingerprint density at radius 1 is 1.29 bits per heavy atom. The summed E-state index contributed by atoms with van der Waals surface area (Å²) in [5.41, 5.74) is 4.86. The highest BCUT2D eigenvalue weighted by molar-refractivity contribution is 5.63. The van der Waals surface area contributed by atoms with Crippen LogP contribution in [0.5, 0.6) is 0 Å². The van der Waals surface area contributed by atoms with Gasteiger partial charge in [-0.15, -0.1) is 0 Å². The fourth-order valence-corrected chi connectivity index (χ4v) is 1.95. The standard InChI is InChI=1S/C14H19N3/c1-4-15-10-12-5-6-13(11(2)9-12)14-7-8-17(3)16-14/h5-9,15H,4,10H2,1-3H3. The van der Waals surface area contributed by atoms with Crippen LogP contribution in [0.25, 0.3) is 11.3 Å².